The van der Waals surface area contributed by atoms with E-state index < -0.39 is 21.9 Å². The van der Waals surface area contributed by atoms with Gasteiger partial charge >= 0.3 is 5.97 Å². The van der Waals surface area contributed by atoms with Crippen molar-refractivity contribution < 1.29 is 32.2 Å². The number of thiazole rings is 1. The summed E-state index contributed by atoms with van der Waals surface area (Å²) in [6.45, 7) is 2.61. The van der Waals surface area contributed by atoms with Crippen molar-refractivity contribution in [2.45, 2.75) is 18.4 Å². The lowest BCUT2D eigenvalue weighted by Crippen LogP contribution is -2.26. The minimum atomic E-state index is -3.83. The van der Waals surface area contributed by atoms with Gasteiger partial charge in [0.05, 0.1) is 27.4 Å². The van der Waals surface area contributed by atoms with E-state index in [-0.39, 0.29) is 28.4 Å². The second-order valence-electron chi connectivity index (χ2n) is 8.49. The molecule has 0 aliphatic carbocycles. The molecule has 0 bridgehead atoms. The zero-order valence-electron chi connectivity index (χ0n) is 21.2. The number of carbonyl (C=O) groups is 2. The quantitative estimate of drug-likeness (QED) is 0.313. The molecule has 1 aliphatic heterocycles. The molecule has 1 amide bonds. The molecule has 2 heterocycles. The highest BCUT2D eigenvalue weighted by Crippen LogP contribution is 2.35. The molecule has 1 aromatic heterocycles. The molecular formula is C27H25N3O7S2. The molecule has 0 fully saturated rings. The molecular weight excluding hydrogens is 542 g/mol. The topological polar surface area (TPSA) is 117 Å². The van der Waals surface area contributed by atoms with Crippen molar-refractivity contribution in [2.24, 2.45) is 4.99 Å². The number of ether oxygens (including phenoxy) is 3. The van der Waals surface area contributed by atoms with Crippen LogP contribution < -0.4 is 18.6 Å². The van der Waals surface area contributed by atoms with E-state index in [1.165, 1.54) is 47.0 Å². The number of esters is 1. The average molecular weight is 568 g/mol. The highest BCUT2D eigenvalue weighted by atomic mass is 32.2. The van der Waals surface area contributed by atoms with Gasteiger partial charge in [-0.2, -0.15) is 4.99 Å². The number of nitrogens with zero attached hydrogens (tertiary/aromatic N) is 3. The number of para-hydroxylation sites is 1. The zero-order chi connectivity index (χ0) is 27.6. The van der Waals surface area contributed by atoms with Crippen molar-refractivity contribution in [3.05, 3.63) is 77.1 Å². The fraction of sp³-hybridized carbons (Fsp3) is 0.222. The molecule has 0 spiro atoms. The summed E-state index contributed by atoms with van der Waals surface area (Å²) in [5.41, 5.74) is 1.36. The van der Waals surface area contributed by atoms with Crippen LogP contribution >= 0.6 is 11.3 Å². The van der Waals surface area contributed by atoms with Gasteiger partial charge in [-0.05, 0) is 43.3 Å². The largest absolute Gasteiger partial charge is 0.486 e. The lowest BCUT2D eigenvalue weighted by molar-refractivity contribution is -0.143. The van der Waals surface area contributed by atoms with Crippen LogP contribution in [0.1, 0.15) is 17.3 Å². The molecule has 10 nitrogen and oxygen atoms in total. The molecule has 4 aromatic rings. The molecule has 0 atom stereocenters. The number of rotatable bonds is 7. The number of fused-ring (bicyclic) bond motifs is 2. The molecule has 0 radical (unpaired) electrons. The second kappa shape index (κ2) is 10.9. The Morgan fingerprint density at radius 2 is 1.69 bits per heavy atom. The van der Waals surface area contributed by atoms with Gasteiger partial charge in [-0.25, -0.2) is 8.42 Å². The first-order chi connectivity index (χ1) is 18.8. The lowest BCUT2D eigenvalue weighted by atomic mass is 10.2. The van der Waals surface area contributed by atoms with Crippen molar-refractivity contribution in [3.8, 4) is 11.5 Å². The third kappa shape index (κ3) is 5.38. The molecule has 0 unspecified atom stereocenters. The minimum absolute atomic E-state index is 0.0372. The number of anilines is 1. The molecule has 5 rings (SSSR count). The third-order valence-corrected chi connectivity index (χ3v) is 8.86. The van der Waals surface area contributed by atoms with Gasteiger partial charge in [0.1, 0.15) is 19.8 Å². The van der Waals surface area contributed by atoms with E-state index in [1.54, 1.807) is 54.0 Å². The number of sulfonamides is 1. The van der Waals surface area contributed by atoms with E-state index in [1.807, 2.05) is 0 Å². The number of hydrogen-bond acceptors (Lipinski definition) is 8. The summed E-state index contributed by atoms with van der Waals surface area (Å²) in [5.74, 6) is 0.0580. The lowest BCUT2D eigenvalue weighted by Gasteiger charge is -2.19. The normalized spacial score (nSPS) is 13.3. The van der Waals surface area contributed by atoms with Gasteiger partial charge in [-0.15, -0.1) is 0 Å². The Kier molecular flexibility index (Phi) is 7.40. The summed E-state index contributed by atoms with van der Waals surface area (Å²) in [7, 11) is -2.36. The van der Waals surface area contributed by atoms with Gasteiger partial charge in [0.15, 0.2) is 16.3 Å². The first-order valence-corrected chi connectivity index (χ1v) is 14.4. The van der Waals surface area contributed by atoms with Crippen LogP contribution in [0.5, 0.6) is 11.5 Å². The number of amides is 1. The standard InChI is InChI=1S/C27H25N3O7S2/c1-3-35-25(31)17-30-21-15-22-23(37-14-13-36-22)16-24(21)38-27(30)28-26(32)18-9-11-20(12-10-18)39(33,34)29(2)19-7-5-4-6-8-19/h4-12,15-16H,3,13-14,17H2,1-2H3. The van der Waals surface area contributed by atoms with Crippen LogP contribution in [0.25, 0.3) is 10.2 Å². The fourth-order valence-corrected chi connectivity index (χ4v) is 6.27. The van der Waals surface area contributed by atoms with Crippen LogP contribution in [0.15, 0.2) is 76.6 Å². The summed E-state index contributed by atoms with van der Waals surface area (Å²) >= 11 is 1.22. The Morgan fingerprint density at radius 1 is 1.03 bits per heavy atom. The second-order valence-corrected chi connectivity index (χ2v) is 11.5. The molecule has 0 N–H and O–H groups in total. The summed E-state index contributed by atoms with van der Waals surface area (Å²) < 4.78 is 46.1. The maximum atomic E-state index is 13.1. The van der Waals surface area contributed by atoms with Gasteiger partial charge in [0.2, 0.25) is 0 Å². The summed E-state index contributed by atoms with van der Waals surface area (Å²) in [6.07, 6.45) is 0. The van der Waals surface area contributed by atoms with Crippen LogP contribution in [0, 0.1) is 0 Å². The van der Waals surface area contributed by atoms with Crippen LogP contribution in [-0.4, -0.2) is 51.7 Å². The molecule has 0 saturated heterocycles. The first-order valence-electron chi connectivity index (χ1n) is 12.1. The summed E-state index contributed by atoms with van der Waals surface area (Å²) in [5, 5.41) is 0. The number of benzene rings is 3. The SMILES string of the molecule is CCOC(=O)Cn1c(=NC(=O)c2ccc(S(=O)(=O)N(C)c3ccccc3)cc2)sc2cc3c(cc21)OCCO3. The van der Waals surface area contributed by atoms with E-state index >= 15 is 0 Å². The van der Waals surface area contributed by atoms with Crippen LogP contribution in [0.4, 0.5) is 5.69 Å². The van der Waals surface area contributed by atoms with Gasteiger partial charge in [-0.3, -0.25) is 13.9 Å². The van der Waals surface area contributed by atoms with Gasteiger partial charge in [-0.1, -0.05) is 29.5 Å². The number of aromatic nitrogens is 1. The van der Waals surface area contributed by atoms with Gasteiger partial charge < -0.3 is 18.8 Å². The van der Waals surface area contributed by atoms with Gasteiger partial charge in [0.25, 0.3) is 15.9 Å². The summed E-state index contributed by atoms with van der Waals surface area (Å²) in [4.78, 5) is 30.1. The van der Waals surface area contributed by atoms with Crippen LogP contribution in [0.2, 0.25) is 0 Å². The Balaban J connectivity index is 1.49. The molecule has 202 valence electrons. The Bertz CT molecular complexity index is 1710. The molecule has 0 saturated carbocycles. The third-order valence-electron chi connectivity index (χ3n) is 6.02. The Labute approximate surface area is 228 Å². The van der Waals surface area contributed by atoms with Gasteiger partial charge in [0, 0.05) is 24.7 Å². The van der Waals surface area contributed by atoms with Crippen molar-refractivity contribution >= 4 is 49.1 Å². The van der Waals surface area contributed by atoms with Crippen molar-refractivity contribution in [1.82, 2.24) is 4.57 Å². The highest BCUT2D eigenvalue weighted by Gasteiger charge is 2.22. The first kappa shape index (κ1) is 26.4. The van der Waals surface area contributed by atoms with E-state index in [0.717, 1.165) is 4.70 Å². The summed E-state index contributed by atoms with van der Waals surface area (Å²) in [6, 6.07) is 17.8. The monoisotopic (exact) mass is 567 g/mol. The Hall–Kier alpha value is -4.16. The van der Waals surface area contributed by atoms with Crippen LogP contribution in [-0.2, 0) is 26.1 Å². The maximum Gasteiger partial charge on any atom is 0.326 e. The maximum absolute atomic E-state index is 13.1. The Morgan fingerprint density at radius 3 is 2.36 bits per heavy atom. The molecule has 12 heteroatoms. The molecule has 1 aliphatic rings. The zero-order valence-corrected chi connectivity index (χ0v) is 22.8. The van der Waals surface area contributed by atoms with Crippen molar-refractivity contribution in [1.29, 1.82) is 0 Å². The van der Waals surface area contributed by atoms with Crippen molar-refractivity contribution in [2.75, 3.05) is 31.2 Å². The van der Waals surface area contributed by atoms with Crippen molar-refractivity contribution in [3.63, 3.8) is 0 Å². The average Bonchev–Trinajstić information content (AvgIpc) is 3.27. The predicted octanol–water partition coefficient (Wildman–Crippen LogP) is 3.60. The van der Waals surface area contributed by atoms with E-state index in [0.29, 0.717) is 35.9 Å². The molecule has 3 aromatic carbocycles. The highest BCUT2D eigenvalue weighted by molar-refractivity contribution is 7.92. The fourth-order valence-electron chi connectivity index (χ4n) is 4.04. The predicted molar refractivity (Wildman–Crippen MR) is 146 cm³/mol. The van der Waals surface area contributed by atoms with E-state index in [2.05, 4.69) is 4.99 Å². The minimum Gasteiger partial charge on any atom is -0.486 e. The number of carbonyl (C=O) groups excluding carboxylic acids is 2. The van der Waals surface area contributed by atoms with Crippen LogP contribution in [0.3, 0.4) is 0 Å². The number of hydrogen-bond donors (Lipinski definition) is 0. The van der Waals surface area contributed by atoms with E-state index in [9.17, 15) is 18.0 Å². The smallest absolute Gasteiger partial charge is 0.326 e. The van der Waals surface area contributed by atoms with E-state index in [4.69, 9.17) is 14.2 Å². The molecule has 39 heavy (non-hydrogen) atoms.